The first-order valence-corrected chi connectivity index (χ1v) is 12.6. The second kappa shape index (κ2) is 13.2. The van der Waals surface area contributed by atoms with Gasteiger partial charge in [-0.05, 0) is 67.4 Å². The van der Waals surface area contributed by atoms with Gasteiger partial charge in [-0.1, -0.05) is 37.4 Å². The quantitative estimate of drug-likeness (QED) is 0.115. The van der Waals surface area contributed by atoms with Crippen LogP contribution in [0.25, 0.3) is 0 Å². The summed E-state index contributed by atoms with van der Waals surface area (Å²) >= 11 is 0. The van der Waals surface area contributed by atoms with Gasteiger partial charge in [0, 0.05) is 11.1 Å². The molecule has 3 aromatic rings. The molecule has 44 heavy (non-hydrogen) atoms. The molecule has 0 unspecified atom stereocenters. The second-order valence-corrected chi connectivity index (χ2v) is 9.50. The lowest BCUT2D eigenvalue weighted by molar-refractivity contribution is -0.193. The molecule has 0 saturated carbocycles. The molecule has 0 amide bonds. The summed E-state index contributed by atoms with van der Waals surface area (Å²) in [6, 6.07) is 9.45. The van der Waals surface area contributed by atoms with Crippen LogP contribution < -0.4 is 9.47 Å². The summed E-state index contributed by atoms with van der Waals surface area (Å²) in [4.78, 5) is 23.0. The van der Waals surface area contributed by atoms with Gasteiger partial charge in [0.25, 0.3) is 0 Å². The van der Waals surface area contributed by atoms with Crippen LogP contribution in [0.1, 0.15) is 41.7 Å². The highest BCUT2D eigenvalue weighted by Crippen LogP contribution is 2.43. The molecule has 0 N–H and O–H groups in total. The van der Waals surface area contributed by atoms with E-state index in [2.05, 4.69) is 22.6 Å². The highest BCUT2D eigenvalue weighted by atomic mass is 19.4. The Kier molecular flexibility index (Phi) is 10.1. The number of hydrogen-bond donors (Lipinski definition) is 0. The Morgan fingerprint density at radius 2 is 1.05 bits per heavy atom. The SMILES string of the molecule is C=C(C)C(=O)OCc1ccc(C(F)(F)Oc2ccc(OC(F)(F)c3ccc(COC(=O)C(=C)C)cc3)c(C(F)(F)F)c2)cc1. The second-order valence-electron chi connectivity index (χ2n) is 9.50. The number of hydrogen-bond acceptors (Lipinski definition) is 6. The molecule has 0 aliphatic carbocycles. The van der Waals surface area contributed by atoms with Gasteiger partial charge in [-0.25, -0.2) is 9.59 Å². The van der Waals surface area contributed by atoms with E-state index >= 15 is 0 Å². The number of benzene rings is 3. The van der Waals surface area contributed by atoms with Crippen LogP contribution in [0.3, 0.4) is 0 Å². The van der Waals surface area contributed by atoms with Crippen LogP contribution in [0.5, 0.6) is 11.5 Å². The summed E-state index contributed by atoms with van der Waals surface area (Å²) in [5.41, 5.74) is -2.47. The van der Waals surface area contributed by atoms with Crippen LogP contribution in [-0.2, 0) is 50.7 Å². The summed E-state index contributed by atoms with van der Waals surface area (Å²) in [7, 11) is 0. The van der Waals surface area contributed by atoms with E-state index in [1.807, 2.05) is 0 Å². The summed E-state index contributed by atoms with van der Waals surface area (Å²) in [6.07, 6.45) is -13.7. The van der Waals surface area contributed by atoms with Gasteiger partial charge in [0.15, 0.2) is 0 Å². The van der Waals surface area contributed by atoms with Crippen molar-refractivity contribution in [2.45, 2.75) is 45.5 Å². The number of carbonyl (C=O) groups is 2. The number of carbonyl (C=O) groups excluding carboxylic acids is 2. The molecule has 0 radical (unpaired) electrons. The molecule has 13 heteroatoms. The molecule has 0 heterocycles. The van der Waals surface area contributed by atoms with Gasteiger partial charge >= 0.3 is 30.3 Å². The summed E-state index contributed by atoms with van der Waals surface area (Å²) in [5, 5.41) is 0. The van der Waals surface area contributed by atoms with Crippen molar-refractivity contribution in [3.8, 4) is 11.5 Å². The first-order chi connectivity index (χ1) is 20.4. The molecule has 0 fully saturated rings. The normalized spacial score (nSPS) is 11.8. The minimum Gasteiger partial charge on any atom is -0.457 e. The molecule has 234 valence electrons. The van der Waals surface area contributed by atoms with Gasteiger partial charge < -0.3 is 18.9 Å². The Morgan fingerprint density at radius 3 is 1.43 bits per heavy atom. The third kappa shape index (κ3) is 8.85. The Hall–Kier alpha value is -4.81. The average molecular weight is 627 g/mol. The van der Waals surface area contributed by atoms with Crippen molar-refractivity contribution in [1.82, 2.24) is 0 Å². The molecule has 0 saturated heterocycles. The van der Waals surface area contributed by atoms with E-state index < -0.39 is 58.5 Å². The molecule has 0 aliphatic heterocycles. The molecule has 0 aromatic heterocycles. The van der Waals surface area contributed by atoms with E-state index in [9.17, 15) is 40.3 Å². The lowest BCUT2D eigenvalue weighted by atomic mass is 10.1. The number of halogens is 7. The maximum atomic E-state index is 14.9. The van der Waals surface area contributed by atoms with E-state index in [0.717, 1.165) is 36.4 Å². The van der Waals surface area contributed by atoms with Crippen molar-refractivity contribution in [3.05, 3.63) is 119 Å². The van der Waals surface area contributed by atoms with Gasteiger partial charge in [0.05, 0.1) is 11.1 Å². The van der Waals surface area contributed by atoms with E-state index in [1.165, 1.54) is 26.0 Å². The van der Waals surface area contributed by atoms with Crippen LogP contribution in [0.2, 0.25) is 0 Å². The van der Waals surface area contributed by atoms with E-state index in [-0.39, 0.29) is 30.4 Å². The van der Waals surface area contributed by atoms with Crippen LogP contribution >= 0.6 is 0 Å². The summed E-state index contributed by atoms with van der Waals surface area (Å²) in [5.74, 6) is -3.72. The van der Waals surface area contributed by atoms with Crippen LogP contribution in [-0.4, -0.2) is 11.9 Å². The average Bonchev–Trinajstić information content (AvgIpc) is 2.94. The van der Waals surface area contributed by atoms with Gasteiger partial charge in [0.2, 0.25) is 0 Å². The zero-order valence-corrected chi connectivity index (χ0v) is 23.3. The molecule has 0 aliphatic rings. The van der Waals surface area contributed by atoms with Crippen molar-refractivity contribution < 1.29 is 59.3 Å². The van der Waals surface area contributed by atoms with E-state index in [1.54, 1.807) is 0 Å². The zero-order valence-electron chi connectivity index (χ0n) is 23.3. The van der Waals surface area contributed by atoms with Crippen molar-refractivity contribution >= 4 is 11.9 Å². The maximum absolute atomic E-state index is 14.9. The van der Waals surface area contributed by atoms with Gasteiger partial charge in [0.1, 0.15) is 30.3 Å². The highest BCUT2D eigenvalue weighted by Gasteiger charge is 2.42. The van der Waals surface area contributed by atoms with Crippen molar-refractivity contribution in [2.24, 2.45) is 0 Å². The van der Waals surface area contributed by atoms with Crippen molar-refractivity contribution in [1.29, 1.82) is 0 Å². The predicted molar refractivity (Wildman–Crippen MR) is 143 cm³/mol. The Labute approximate surface area is 247 Å². The molecule has 0 atom stereocenters. The van der Waals surface area contributed by atoms with Crippen molar-refractivity contribution in [3.63, 3.8) is 0 Å². The molecule has 0 spiro atoms. The topological polar surface area (TPSA) is 71.1 Å². The van der Waals surface area contributed by atoms with Crippen molar-refractivity contribution in [2.75, 3.05) is 0 Å². The Morgan fingerprint density at radius 1 is 0.636 bits per heavy atom. The van der Waals surface area contributed by atoms with Crippen LogP contribution in [0.4, 0.5) is 30.7 Å². The third-order valence-corrected chi connectivity index (χ3v) is 5.76. The molecule has 3 aromatic carbocycles. The van der Waals surface area contributed by atoms with Gasteiger partial charge in [-0.15, -0.1) is 0 Å². The third-order valence-electron chi connectivity index (χ3n) is 5.76. The summed E-state index contributed by atoms with van der Waals surface area (Å²) in [6.45, 7) is 9.14. The highest BCUT2D eigenvalue weighted by molar-refractivity contribution is 5.87. The molecular weight excluding hydrogens is 601 g/mol. The first kappa shape index (κ1) is 33.7. The van der Waals surface area contributed by atoms with Crippen LogP contribution in [0, 0.1) is 0 Å². The van der Waals surface area contributed by atoms with Crippen LogP contribution in [0.15, 0.2) is 91.0 Å². The smallest absolute Gasteiger partial charge is 0.426 e. The monoisotopic (exact) mass is 626 g/mol. The lowest BCUT2D eigenvalue weighted by Gasteiger charge is -2.23. The molecular formula is C31H25F7O6. The fourth-order valence-electron chi connectivity index (χ4n) is 3.42. The fourth-order valence-corrected chi connectivity index (χ4v) is 3.42. The number of alkyl halides is 7. The summed E-state index contributed by atoms with van der Waals surface area (Å²) < 4.78 is 119. The minimum absolute atomic E-state index is 0.115. The van der Waals surface area contributed by atoms with E-state index in [0.29, 0.717) is 23.3 Å². The number of rotatable bonds is 12. The van der Waals surface area contributed by atoms with Gasteiger partial charge in [-0.2, -0.15) is 30.7 Å². The molecule has 6 nitrogen and oxygen atoms in total. The molecule has 3 rings (SSSR count). The fraction of sp³-hybridized carbons (Fsp3) is 0.226. The standard InChI is InChI=1S/C31H25F7O6/c1-18(2)27(39)41-16-20-5-9-22(10-6-20)30(35,36)43-24-13-14-26(25(15-24)29(32,33)34)44-31(37,38)23-11-7-21(8-12-23)17-42-28(40)19(3)4/h5-15H,1,3,16-17H2,2,4H3. The maximum Gasteiger partial charge on any atom is 0.426 e. The number of ether oxygens (including phenoxy) is 4. The zero-order chi connectivity index (χ0) is 32.9. The van der Waals surface area contributed by atoms with E-state index in [4.69, 9.17) is 9.47 Å². The lowest BCUT2D eigenvalue weighted by Crippen LogP contribution is -2.24. The minimum atomic E-state index is -5.29. The Balaban J connectivity index is 1.77. The number of esters is 2. The van der Waals surface area contributed by atoms with Gasteiger partial charge in [-0.3, -0.25) is 0 Å². The Bertz CT molecular complexity index is 1530. The predicted octanol–water partition coefficient (Wildman–Crippen LogP) is 8.20. The largest absolute Gasteiger partial charge is 0.457 e. The molecule has 0 bridgehead atoms. The first-order valence-electron chi connectivity index (χ1n) is 12.6.